The van der Waals surface area contributed by atoms with E-state index in [4.69, 9.17) is 9.84 Å². The van der Waals surface area contributed by atoms with Gasteiger partial charge in [-0.15, -0.1) is 0 Å². The van der Waals surface area contributed by atoms with E-state index < -0.39 is 42.0 Å². The minimum atomic E-state index is -4.81. The molecule has 34 heavy (non-hydrogen) atoms. The fourth-order valence-electron chi connectivity index (χ4n) is 3.03. The van der Waals surface area contributed by atoms with Crippen LogP contribution in [0.15, 0.2) is 42.6 Å². The van der Waals surface area contributed by atoms with E-state index in [0.29, 0.717) is 11.5 Å². The molecular formula is C21H19F4N4O4P. The third kappa shape index (κ3) is 5.45. The van der Waals surface area contributed by atoms with E-state index in [0.717, 1.165) is 12.1 Å². The number of ether oxygens (including phenoxy) is 1. The summed E-state index contributed by atoms with van der Waals surface area (Å²) >= 11 is 0. The van der Waals surface area contributed by atoms with Crippen LogP contribution in [0.4, 0.5) is 40.7 Å². The zero-order valence-electron chi connectivity index (χ0n) is 18.1. The number of nitrogens with zero attached hydrogens (tertiary/aromatic N) is 2. The van der Waals surface area contributed by atoms with Crippen LogP contribution in [0, 0.1) is 5.82 Å². The Morgan fingerprint density at radius 3 is 2.38 bits per heavy atom. The molecule has 0 unspecified atom stereocenters. The number of carboxylic acids is 1. The van der Waals surface area contributed by atoms with Crippen LogP contribution >= 0.6 is 7.14 Å². The highest BCUT2D eigenvalue weighted by molar-refractivity contribution is 7.70. The molecule has 0 aliphatic carbocycles. The summed E-state index contributed by atoms with van der Waals surface area (Å²) in [6, 6.07) is 7.89. The molecule has 0 aliphatic heterocycles. The fourth-order valence-corrected chi connectivity index (χ4v) is 4.18. The molecule has 1 aromatic heterocycles. The van der Waals surface area contributed by atoms with Crippen LogP contribution in [0.5, 0.6) is 5.75 Å². The molecule has 0 amide bonds. The number of methoxy groups -OCH3 is 1. The number of rotatable bonds is 7. The summed E-state index contributed by atoms with van der Waals surface area (Å²) in [6.45, 7) is 2.96. The Labute approximate surface area is 191 Å². The highest BCUT2D eigenvalue weighted by Gasteiger charge is 2.36. The van der Waals surface area contributed by atoms with Crippen molar-refractivity contribution in [2.45, 2.75) is 6.18 Å². The van der Waals surface area contributed by atoms with Crippen LogP contribution < -0.4 is 20.7 Å². The Balaban J connectivity index is 2.07. The second kappa shape index (κ2) is 9.30. The first-order chi connectivity index (χ1) is 15.8. The van der Waals surface area contributed by atoms with E-state index in [1.165, 1.54) is 32.6 Å². The molecule has 0 atom stereocenters. The Hall–Kier alpha value is -3.66. The number of benzene rings is 2. The summed E-state index contributed by atoms with van der Waals surface area (Å²) in [4.78, 5) is 18.7. The van der Waals surface area contributed by atoms with E-state index in [1.807, 2.05) is 0 Å². The van der Waals surface area contributed by atoms with Gasteiger partial charge in [0.2, 0.25) is 5.95 Å². The Kier molecular flexibility index (Phi) is 6.83. The number of aromatic carboxylic acids is 1. The monoisotopic (exact) mass is 498 g/mol. The molecule has 13 heteroatoms. The predicted molar refractivity (Wildman–Crippen MR) is 119 cm³/mol. The molecule has 8 nitrogen and oxygen atoms in total. The maximum Gasteiger partial charge on any atom is 0.421 e. The normalized spacial score (nSPS) is 11.7. The van der Waals surface area contributed by atoms with Crippen molar-refractivity contribution in [3.63, 3.8) is 0 Å². The number of para-hydroxylation sites is 1. The average Bonchev–Trinajstić information content (AvgIpc) is 2.72. The SMILES string of the molecule is COc1cc(C(=O)O)c(F)cc1Nc1ncc(C(F)(F)F)c(Nc2ccccc2P(C)(C)=O)n1. The van der Waals surface area contributed by atoms with E-state index in [9.17, 15) is 26.9 Å². The highest BCUT2D eigenvalue weighted by atomic mass is 31.2. The molecule has 0 aliphatic rings. The summed E-state index contributed by atoms with van der Waals surface area (Å²) in [5.74, 6) is -3.71. The van der Waals surface area contributed by atoms with Crippen molar-refractivity contribution in [3.8, 4) is 5.75 Å². The third-order valence-corrected chi connectivity index (χ3v) is 6.15. The first kappa shape index (κ1) is 25.0. The van der Waals surface area contributed by atoms with E-state index >= 15 is 0 Å². The van der Waals surface area contributed by atoms with Gasteiger partial charge >= 0.3 is 12.1 Å². The van der Waals surface area contributed by atoms with E-state index in [-0.39, 0.29) is 23.1 Å². The molecule has 180 valence electrons. The van der Waals surface area contributed by atoms with Gasteiger partial charge in [-0.3, -0.25) is 0 Å². The van der Waals surface area contributed by atoms with Crippen molar-refractivity contribution < 1.29 is 36.8 Å². The molecule has 0 fully saturated rings. The number of alkyl halides is 3. The lowest BCUT2D eigenvalue weighted by molar-refractivity contribution is -0.137. The van der Waals surface area contributed by atoms with Crippen molar-refractivity contribution in [1.29, 1.82) is 0 Å². The van der Waals surface area contributed by atoms with Crippen LogP contribution in [0.25, 0.3) is 0 Å². The highest BCUT2D eigenvalue weighted by Crippen LogP contribution is 2.40. The Morgan fingerprint density at radius 2 is 1.79 bits per heavy atom. The number of nitrogens with one attached hydrogen (secondary N) is 2. The molecule has 0 radical (unpaired) electrons. The molecule has 3 N–H and O–H groups in total. The Bertz CT molecular complexity index is 1290. The largest absolute Gasteiger partial charge is 0.495 e. The van der Waals surface area contributed by atoms with Crippen molar-refractivity contribution >= 4 is 41.6 Å². The van der Waals surface area contributed by atoms with Crippen LogP contribution in [-0.4, -0.2) is 41.5 Å². The molecule has 2 aromatic carbocycles. The summed E-state index contributed by atoms with van der Waals surface area (Å²) < 4.78 is 72.6. The van der Waals surface area contributed by atoms with Gasteiger partial charge in [-0.2, -0.15) is 18.2 Å². The Morgan fingerprint density at radius 1 is 1.12 bits per heavy atom. The number of aromatic nitrogens is 2. The zero-order chi connectivity index (χ0) is 25.3. The van der Waals surface area contributed by atoms with Gasteiger partial charge < -0.3 is 25.0 Å². The molecule has 0 spiro atoms. The standard InChI is InChI=1S/C21H19F4N4O4P/c1-33-16-8-11(19(30)31)13(22)9-15(16)28-20-26-10-12(21(23,24)25)18(29-20)27-14-6-4-5-7-17(14)34(2,3)32/h4-10H,1-3H3,(H,30,31)(H2,26,27,28,29). The second-order valence-corrected chi connectivity index (χ2v) is 10.6. The van der Waals surface area contributed by atoms with Gasteiger partial charge in [0.15, 0.2) is 0 Å². The fraction of sp³-hybridized carbons (Fsp3) is 0.190. The number of hydrogen-bond donors (Lipinski definition) is 3. The van der Waals surface area contributed by atoms with Crippen LogP contribution in [-0.2, 0) is 10.7 Å². The number of hydrogen-bond acceptors (Lipinski definition) is 7. The summed E-state index contributed by atoms with van der Waals surface area (Å²) in [5, 5.41) is 14.5. The maximum absolute atomic E-state index is 14.2. The van der Waals surface area contributed by atoms with Crippen molar-refractivity contribution in [1.82, 2.24) is 9.97 Å². The maximum atomic E-state index is 14.2. The molecule has 3 rings (SSSR count). The smallest absolute Gasteiger partial charge is 0.421 e. The first-order valence-corrected chi connectivity index (χ1v) is 12.1. The molecule has 3 aromatic rings. The van der Waals surface area contributed by atoms with Gasteiger partial charge in [-0.1, -0.05) is 12.1 Å². The minimum absolute atomic E-state index is 0.0972. The van der Waals surface area contributed by atoms with Crippen LogP contribution in [0.3, 0.4) is 0 Å². The number of anilines is 4. The quantitative estimate of drug-likeness (QED) is 0.306. The molecule has 1 heterocycles. The van der Waals surface area contributed by atoms with Gasteiger partial charge in [0.1, 0.15) is 30.1 Å². The lowest BCUT2D eigenvalue weighted by Gasteiger charge is -2.18. The molecule has 0 saturated heterocycles. The van der Waals surface area contributed by atoms with Crippen LogP contribution in [0.1, 0.15) is 15.9 Å². The lowest BCUT2D eigenvalue weighted by Crippen LogP contribution is -2.16. The van der Waals surface area contributed by atoms with Gasteiger partial charge in [0.25, 0.3) is 0 Å². The lowest BCUT2D eigenvalue weighted by atomic mass is 10.1. The number of halogens is 4. The summed E-state index contributed by atoms with van der Waals surface area (Å²) in [7, 11) is -1.65. The summed E-state index contributed by atoms with van der Waals surface area (Å²) in [5.41, 5.74) is -1.78. The van der Waals surface area contributed by atoms with E-state index in [1.54, 1.807) is 12.1 Å². The van der Waals surface area contributed by atoms with Gasteiger partial charge in [-0.05, 0) is 31.5 Å². The first-order valence-electron chi connectivity index (χ1n) is 9.55. The molecular weight excluding hydrogens is 479 g/mol. The van der Waals surface area contributed by atoms with Gasteiger partial charge in [0, 0.05) is 17.6 Å². The predicted octanol–water partition coefficient (Wildman–Crippen LogP) is 5.08. The molecule has 0 bridgehead atoms. The van der Waals surface area contributed by atoms with Gasteiger partial charge in [-0.25, -0.2) is 14.2 Å². The van der Waals surface area contributed by atoms with Crippen molar-refractivity contribution in [2.75, 3.05) is 31.1 Å². The van der Waals surface area contributed by atoms with Crippen LogP contribution in [0.2, 0.25) is 0 Å². The zero-order valence-corrected chi connectivity index (χ0v) is 19.0. The number of carbonyl (C=O) groups is 1. The second-order valence-electron chi connectivity index (χ2n) is 7.41. The average molecular weight is 498 g/mol. The molecule has 0 saturated carbocycles. The third-order valence-electron chi connectivity index (χ3n) is 4.60. The number of carboxylic acid groups (broad SMARTS) is 1. The van der Waals surface area contributed by atoms with Crippen molar-refractivity contribution in [3.05, 3.63) is 59.5 Å². The van der Waals surface area contributed by atoms with Gasteiger partial charge in [0.05, 0.1) is 24.0 Å². The summed E-state index contributed by atoms with van der Waals surface area (Å²) in [6.07, 6.45) is -4.28. The minimum Gasteiger partial charge on any atom is -0.495 e. The van der Waals surface area contributed by atoms with E-state index in [2.05, 4.69) is 20.6 Å². The topological polar surface area (TPSA) is 113 Å². The van der Waals surface area contributed by atoms with Crippen molar-refractivity contribution in [2.24, 2.45) is 0 Å².